The Bertz CT molecular complexity index is 555. The molecule has 0 radical (unpaired) electrons. The predicted molar refractivity (Wildman–Crippen MR) is 81.8 cm³/mol. The molecule has 2 aromatic carbocycles. The molecular formula is C15H14BrClO2. The lowest BCUT2D eigenvalue weighted by Crippen LogP contribution is -1.94. The van der Waals surface area contributed by atoms with Crippen LogP contribution in [0, 0.1) is 0 Å². The highest BCUT2D eigenvalue weighted by molar-refractivity contribution is 9.09. The van der Waals surface area contributed by atoms with Crippen LogP contribution in [-0.4, -0.2) is 14.2 Å². The average molecular weight is 342 g/mol. The molecule has 1 unspecified atom stereocenters. The lowest BCUT2D eigenvalue weighted by Gasteiger charge is -2.13. The predicted octanol–water partition coefficient (Wildman–Crippen LogP) is 4.84. The second-order valence-corrected chi connectivity index (χ2v) is 5.35. The summed E-state index contributed by atoms with van der Waals surface area (Å²) in [5.41, 5.74) is 2.22. The zero-order chi connectivity index (χ0) is 13.8. The molecule has 1 atom stereocenters. The number of methoxy groups -OCH3 is 2. The van der Waals surface area contributed by atoms with Gasteiger partial charge in [0.15, 0.2) is 0 Å². The van der Waals surface area contributed by atoms with Crippen molar-refractivity contribution in [3.63, 3.8) is 0 Å². The third kappa shape index (κ3) is 3.23. The van der Waals surface area contributed by atoms with Gasteiger partial charge in [0.1, 0.15) is 11.5 Å². The Hall–Kier alpha value is -1.19. The van der Waals surface area contributed by atoms with Gasteiger partial charge in [-0.3, -0.25) is 0 Å². The Labute approximate surface area is 126 Å². The van der Waals surface area contributed by atoms with Gasteiger partial charge in [0, 0.05) is 0 Å². The van der Waals surface area contributed by atoms with Crippen molar-refractivity contribution >= 4 is 27.5 Å². The van der Waals surface area contributed by atoms with Crippen molar-refractivity contribution in [2.45, 2.75) is 4.83 Å². The Balaban J connectivity index is 2.27. The summed E-state index contributed by atoms with van der Waals surface area (Å²) in [7, 11) is 3.26. The molecule has 0 amide bonds. The third-order valence-corrected chi connectivity index (χ3v) is 4.23. The summed E-state index contributed by atoms with van der Waals surface area (Å²) >= 11 is 9.82. The van der Waals surface area contributed by atoms with Crippen molar-refractivity contribution in [1.82, 2.24) is 0 Å². The number of ether oxygens (including phenoxy) is 2. The molecular weight excluding hydrogens is 328 g/mol. The van der Waals surface area contributed by atoms with E-state index in [0.717, 1.165) is 16.9 Å². The molecule has 0 fully saturated rings. The zero-order valence-corrected chi connectivity index (χ0v) is 13.0. The monoisotopic (exact) mass is 340 g/mol. The lowest BCUT2D eigenvalue weighted by atomic mass is 10.0. The molecule has 4 heteroatoms. The van der Waals surface area contributed by atoms with Gasteiger partial charge in [-0.05, 0) is 35.4 Å². The fourth-order valence-corrected chi connectivity index (χ4v) is 2.66. The molecule has 0 spiro atoms. The third-order valence-electron chi connectivity index (χ3n) is 2.88. The first-order valence-corrected chi connectivity index (χ1v) is 7.06. The van der Waals surface area contributed by atoms with Crippen LogP contribution in [0.3, 0.4) is 0 Å². The van der Waals surface area contributed by atoms with Crippen LogP contribution in [0.5, 0.6) is 11.5 Å². The van der Waals surface area contributed by atoms with Gasteiger partial charge in [0.05, 0.1) is 24.1 Å². The summed E-state index contributed by atoms with van der Waals surface area (Å²) in [6.45, 7) is 0. The Morgan fingerprint density at radius 1 is 0.947 bits per heavy atom. The molecule has 2 rings (SSSR count). The van der Waals surface area contributed by atoms with Crippen molar-refractivity contribution in [2.24, 2.45) is 0 Å². The van der Waals surface area contributed by atoms with Gasteiger partial charge in [-0.25, -0.2) is 0 Å². The summed E-state index contributed by atoms with van der Waals surface area (Å²) in [5.74, 6) is 1.52. The summed E-state index contributed by atoms with van der Waals surface area (Å²) < 4.78 is 10.3. The first-order chi connectivity index (χ1) is 9.15. The van der Waals surface area contributed by atoms with Crippen LogP contribution in [-0.2, 0) is 0 Å². The van der Waals surface area contributed by atoms with Crippen LogP contribution in [0.4, 0.5) is 0 Å². The first kappa shape index (κ1) is 14.2. The molecule has 0 bridgehead atoms. The van der Waals surface area contributed by atoms with Gasteiger partial charge >= 0.3 is 0 Å². The molecule has 0 aromatic heterocycles. The van der Waals surface area contributed by atoms with Crippen LogP contribution < -0.4 is 9.47 Å². The Kier molecular flexibility index (Phi) is 4.72. The minimum absolute atomic E-state index is 0.0850. The van der Waals surface area contributed by atoms with Crippen LogP contribution >= 0.6 is 27.5 Å². The van der Waals surface area contributed by atoms with Crippen LogP contribution in [0.2, 0.25) is 5.02 Å². The van der Waals surface area contributed by atoms with Crippen LogP contribution in [0.1, 0.15) is 16.0 Å². The van der Waals surface area contributed by atoms with Gasteiger partial charge in [-0.15, -0.1) is 0 Å². The Morgan fingerprint density at radius 2 is 1.58 bits per heavy atom. The number of halogens is 2. The highest BCUT2D eigenvalue weighted by Gasteiger charge is 2.12. The summed E-state index contributed by atoms with van der Waals surface area (Å²) in [4.78, 5) is 0.0850. The standard InChI is InChI=1S/C15H14BrClO2/c1-18-12-6-3-10(4-7-12)15(16)11-5-8-14(19-2)13(17)9-11/h3-9,15H,1-2H3. The summed E-state index contributed by atoms with van der Waals surface area (Å²) in [5, 5.41) is 0.609. The van der Waals surface area contributed by atoms with Gasteiger partial charge < -0.3 is 9.47 Å². The second-order valence-electron chi connectivity index (χ2n) is 4.03. The van der Waals surface area contributed by atoms with Crippen molar-refractivity contribution in [1.29, 1.82) is 0 Å². The Morgan fingerprint density at radius 3 is 2.11 bits per heavy atom. The molecule has 0 N–H and O–H groups in total. The zero-order valence-electron chi connectivity index (χ0n) is 10.7. The van der Waals surface area contributed by atoms with E-state index in [-0.39, 0.29) is 4.83 Å². The van der Waals surface area contributed by atoms with E-state index in [2.05, 4.69) is 15.9 Å². The molecule has 0 aliphatic carbocycles. The van der Waals surface area contributed by atoms with Crippen molar-refractivity contribution < 1.29 is 9.47 Å². The second kappa shape index (κ2) is 6.31. The summed E-state index contributed by atoms with van der Waals surface area (Å²) in [6, 6.07) is 13.7. The van der Waals surface area contributed by atoms with E-state index in [1.807, 2.05) is 42.5 Å². The fraction of sp³-hybridized carbons (Fsp3) is 0.200. The SMILES string of the molecule is COc1ccc(C(Br)c2ccc(OC)c(Cl)c2)cc1. The van der Waals surface area contributed by atoms with E-state index in [4.69, 9.17) is 21.1 Å². The molecule has 19 heavy (non-hydrogen) atoms. The maximum atomic E-state index is 6.14. The smallest absolute Gasteiger partial charge is 0.137 e. The maximum absolute atomic E-state index is 6.14. The molecule has 0 aliphatic heterocycles. The molecule has 2 nitrogen and oxygen atoms in total. The number of hydrogen-bond acceptors (Lipinski definition) is 2. The maximum Gasteiger partial charge on any atom is 0.137 e. The molecule has 0 saturated carbocycles. The quantitative estimate of drug-likeness (QED) is 0.741. The number of hydrogen-bond donors (Lipinski definition) is 0. The van der Waals surface area contributed by atoms with Gasteiger partial charge in [-0.1, -0.05) is 45.7 Å². The minimum Gasteiger partial charge on any atom is -0.497 e. The molecule has 0 heterocycles. The average Bonchev–Trinajstić information content (AvgIpc) is 2.46. The molecule has 100 valence electrons. The van der Waals surface area contributed by atoms with Crippen LogP contribution in [0.25, 0.3) is 0 Å². The first-order valence-electron chi connectivity index (χ1n) is 5.77. The van der Waals surface area contributed by atoms with E-state index >= 15 is 0 Å². The van der Waals surface area contributed by atoms with Crippen molar-refractivity contribution in [3.8, 4) is 11.5 Å². The normalized spacial score (nSPS) is 12.0. The van der Waals surface area contributed by atoms with E-state index < -0.39 is 0 Å². The summed E-state index contributed by atoms with van der Waals surface area (Å²) in [6.07, 6.45) is 0. The molecule has 0 saturated heterocycles. The van der Waals surface area contributed by atoms with E-state index in [1.165, 1.54) is 0 Å². The highest BCUT2D eigenvalue weighted by Crippen LogP contribution is 2.35. The number of rotatable bonds is 4. The largest absolute Gasteiger partial charge is 0.497 e. The van der Waals surface area contributed by atoms with Gasteiger partial charge in [0.25, 0.3) is 0 Å². The molecule has 0 aliphatic rings. The van der Waals surface area contributed by atoms with Crippen molar-refractivity contribution in [3.05, 3.63) is 58.6 Å². The fourth-order valence-electron chi connectivity index (χ4n) is 1.81. The number of benzene rings is 2. The van der Waals surface area contributed by atoms with E-state index in [9.17, 15) is 0 Å². The number of alkyl halides is 1. The van der Waals surface area contributed by atoms with Gasteiger partial charge in [0.2, 0.25) is 0 Å². The van der Waals surface area contributed by atoms with Gasteiger partial charge in [-0.2, -0.15) is 0 Å². The topological polar surface area (TPSA) is 18.5 Å². The van der Waals surface area contributed by atoms with E-state index in [1.54, 1.807) is 14.2 Å². The van der Waals surface area contributed by atoms with Crippen molar-refractivity contribution in [2.75, 3.05) is 14.2 Å². The molecule has 2 aromatic rings. The highest BCUT2D eigenvalue weighted by atomic mass is 79.9. The van der Waals surface area contributed by atoms with Crippen LogP contribution in [0.15, 0.2) is 42.5 Å². The minimum atomic E-state index is 0.0850. The van der Waals surface area contributed by atoms with E-state index in [0.29, 0.717) is 10.8 Å². The lowest BCUT2D eigenvalue weighted by molar-refractivity contribution is 0.414.